The van der Waals surface area contributed by atoms with Crippen LogP contribution in [0, 0.1) is 5.41 Å². The summed E-state index contributed by atoms with van der Waals surface area (Å²) in [6, 6.07) is 18.8. The van der Waals surface area contributed by atoms with Crippen molar-refractivity contribution in [3.63, 3.8) is 0 Å². The number of ketones is 1. The van der Waals surface area contributed by atoms with E-state index in [0.29, 0.717) is 38.8 Å². The van der Waals surface area contributed by atoms with Crippen LogP contribution in [0.25, 0.3) is 10.8 Å². The molecule has 0 radical (unpaired) electrons. The number of nitrogens with one attached hydrogen (secondary N) is 4. The number of nitrogens with two attached hydrogens (primary N) is 1. The number of likely N-dealkylation sites (N-methyl/N-ethyl adjacent to an activating group) is 1. The average Bonchev–Trinajstić information content (AvgIpc) is 3.49. The van der Waals surface area contributed by atoms with Crippen LogP contribution >= 0.6 is 12.4 Å². The molecule has 1 heterocycles. The molecule has 2 amide bonds. The van der Waals surface area contributed by atoms with Gasteiger partial charge < -0.3 is 31.4 Å². The predicted molar refractivity (Wildman–Crippen MR) is 158 cm³/mol. The van der Waals surface area contributed by atoms with Crippen molar-refractivity contribution in [2.45, 2.75) is 6.54 Å². The van der Waals surface area contributed by atoms with Crippen molar-refractivity contribution in [2.24, 2.45) is 5.73 Å². The molecule has 0 spiro atoms. The van der Waals surface area contributed by atoms with Gasteiger partial charge in [-0.05, 0) is 40.6 Å². The maximum Gasteiger partial charge on any atom is 0.322 e. The summed E-state index contributed by atoms with van der Waals surface area (Å²) in [5.74, 6) is -2.39. The molecule has 0 saturated heterocycles. The third-order valence-corrected chi connectivity index (χ3v) is 6.30. The highest BCUT2D eigenvalue weighted by Crippen LogP contribution is 2.32. The predicted octanol–water partition coefficient (Wildman–Crippen LogP) is 2.67. The largest absolute Gasteiger partial charge is 0.480 e. The van der Waals surface area contributed by atoms with E-state index >= 15 is 0 Å². The fraction of sp³-hybridized carbons (Fsp3) is 0.138. The average molecular weight is 577 g/mol. The highest BCUT2D eigenvalue weighted by molar-refractivity contribution is 6.21. The van der Waals surface area contributed by atoms with Crippen LogP contribution in [0.2, 0.25) is 0 Å². The lowest BCUT2D eigenvalue weighted by Crippen LogP contribution is -2.38. The second kappa shape index (κ2) is 13.3. The Bertz CT molecular complexity index is 1600. The van der Waals surface area contributed by atoms with E-state index in [1.807, 2.05) is 0 Å². The van der Waals surface area contributed by atoms with E-state index in [9.17, 15) is 19.2 Å². The summed E-state index contributed by atoms with van der Waals surface area (Å²) in [5, 5.41) is 22.6. The topological polar surface area (TPSA) is 181 Å². The van der Waals surface area contributed by atoms with Gasteiger partial charge in [0.1, 0.15) is 12.4 Å². The number of benzene rings is 3. The molecule has 0 fully saturated rings. The Balaban J connectivity index is 0.00000462. The molecule has 0 unspecified atom stereocenters. The first kappa shape index (κ1) is 30.4. The minimum absolute atomic E-state index is 0. The number of carboxylic acids is 1. The van der Waals surface area contributed by atoms with E-state index in [2.05, 4.69) is 15.6 Å². The number of carbonyl (C=O) groups is 4. The number of amidine groups is 1. The van der Waals surface area contributed by atoms with Gasteiger partial charge in [-0.25, -0.2) is 0 Å². The molecule has 0 aliphatic heterocycles. The Morgan fingerprint density at radius 3 is 2.32 bits per heavy atom. The third kappa shape index (κ3) is 7.08. The van der Waals surface area contributed by atoms with Gasteiger partial charge in [-0.3, -0.25) is 24.6 Å². The van der Waals surface area contributed by atoms with Gasteiger partial charge in [0.2, 0.25) is 11.7 Å². The van der Waals surface area contributed by atoms with E-state index in [1.165, 1.54) is 0 Å². The van der Waals surface area contributed by atoms with E-state index in [4.69, 9.17) is 16.2 Å². The summed E-state index contributed by atoms with van der Waals surface area (Å²) in [6.45, 7) is -0.460. The Labute approximate surface area is 241 Å². The zero-order chi connectivity index (χ0) is 28.8. The van der Waals surface area contributed by atoms with E-state index in [-0.39, 0.29) is 43.0 Å². The first-order valence-electron chi connectivity index (χ1n) is 12.3. The van der Waals surface area contributed by atoms with Gasteiger partial charge in [0.25, 0.3) is 5.91 Å². The van der Waals surface area contributed by atoms with Crippen LogP contribution in [-0.2, 0) is 16.1 Å². The van der Waals surface area contributed by atoms with Crippen molar-refractivity contribution in [1.29, 1.82) is 5.41 Å². The maximum atomic E-state index is 13.7. The molecular weight excluding hydrogens is 548 g/mol. The van der Waals surface area contributed by atoms with Gasteiger partial charge in [0.15, 0.2) is 0 Å². The number of nitrogen functional groups attached to an aromatic ring is 1. The SMILES string of the molecule is CN(CC(=O)NCC(=O)O)c1ccc2c(C(=O)NCc3ccc(C(=N)N)cc3)cccc2c1C(=O)c1ccc[nH]1.Cl. The van der Waals surface area contributed by atoms with Crippen LogP contribution in [0.15, 0.2) is 72.9 Å². The number of hydrogen-bond acceptors (Lipinski definition) is 6. The number of carboxylic acid groups (broad SMARTS) is 1. The number of rotatable bonds is 11. The van der Waals surface area contributed by atoms with E-state index in [0.717, 1.165) is 5.56 Å². The lowest BCUT2D eigenvalue weighted by atomic mass is 9.94. The number of nitrogens with zero attached hydrogens (tertiary/aromatic N) is 1. The zero-order valence-electron chi connectivity index (χ0n) is 22.1. The van der Waals surface area contributed by atoms with Gasteiger partial charge in [-0.2, -0.15) is 0 Å². The first-order chi connectivity index (χ1) is 19.2. The number of aliphatic carboxylic acids is 1. The van der Waals surface area contributed by atoms with Crippen molar-refractivity contribution in [3.8, 4) is 0 Å². The summed E-state index contributed by atoms with van der Waals surface area (Å²) in [5.41, 5.74) is 8.35. The number of hydrogen-bond donors (Lipinski definition) is 6. The van der Waals surface area contributed by atoms with Crippen LogP contribution in [0.1, 0.15) is 37.5 Å². The quantitative estimate of drug-likeness (QED) is 0.0901. The molecule has 12 heteroatoms. The summed E-state index contributed by atoms with van der Waals surface area (Å²) >= 11 is 0. The van der Waals surface area contributed by atoms with Crippen molar-refractivity contribution in [1.82, 2.24) is 15.6 Å². The smallest absolute Gasteiger partial charge is 0.322 e. The van der Waals surface area contributed by atoms with Gasteiger partial charge >= 0.3 is 5.97 Å². The second-order valence-corrected chi connectivity index (χ2v) is 9.09. The molecular formula is C29H29ClN6O5. The molecule has 0 atom stereocenters. The fourth-order valence-corrected chi connectivity index (χ4v) is 4.32. The molecule has 0 saturated carbocycles. The Kier molecular flexibility index (Phi) is 9.83. The molecule has 0 aliphatic carbocycles. The standard InChI is InChI=1S/C29H28N6O5.ClH/c1-35(16-24(36)33-15-25(37)38)23-12-11-19-20(26(23)27(39)22-6-3-13-32-22)4-2-5-21(19)29(40)34-14-17-7-9-18(10-8-17)28(30)31;/h2-13,32H,14-16H2,1H3,(H3,30,31)(H,33,36)(H,34,40)(H,37,38);1H. The van der Waals surface area contributed by atoms with Gasteiger partial charge in [0, 0.05) is 36.6 Å². The highest BCUT2D eigenvalue weighted by Gasteiger charge is 2.23. The van der Waals surface area contributed by atoms with Crippen molar-refractivity contribution < 1.29 is 24.3 Å². The van der Waals surface area contributed by atoms with Crippen LogP contribution in [0.4, 0.5) is 5.69 Å². The summed E-state index contributed by atoms with van der Waals surface area (Å²) in [4.78, 5) is 54.5. The molecule has 3 aromatic carbocycles. The van der Waals surface area contributed by atoms with Crippen molar-refractivity contribution in [2.75, 3.05) is 25.0 Å². The molecule has 41 heavy (non-hydrogen) atoms. The lowest BCUT2D eigenvalue weighted by molar-refractivity contribution is -0.137. The number of carbonyl (C=O) groups excluding carboxylic acids is 3. The molecule has 7 N–H and O–H groups in total. The molecule has 4 aromatic rings. The summed E-state index contributed by atoms with van der Waals surface area (Å²) < 4.78 is 0. The number of halogens is 1. The van der Waals surface area contributed by atoms with E-state index in [1.54, 1.807) is 84.9 Å². The van der Waals surface area contributed by atoms with Gasteiger partial charge in [-0.15, -0.1) is 12.4 Å². The number of aromatic amines is 1. The normalized spacial score (nSPS) is 10.4. The number of fused-ring (bicyclic) bond motifs is 1. The fourth-order valence-electron chi connectivity index (χ4n) is 4.32. The van der Waals surface area contributed by atoms with Gasteiger partial charge in [-0.1, -0.05) is 42.5 Å². The highest BCUT2D eigenvalue weighted by atomic mass is 35.5. The lowest BCUT2D eigenvalue weighted by Gasteiger charge is -2.23. The van der Waals surface area contributed by atoms with Gasteiger partial charge in [0.05, 0.1) is 17.8 Å². The summed E-state index contributed by atoms with van der Waals surface area (Å²) in [6.07, 6.45) is 1.63. The van der Waals surface area contributed by atoms with E-state index < -0.39 is 18.4 Å². The maximum absolute atomic E-state index is 13.7. The third-order valence-electron chi connectivity index (χ3n) is 6.30. The Hall–Kier alpha value is -5.16. The van der Waals surface area contributed by atoms with Crippen molar-refractivity contribution >= 4 is 58.3 Å². The molecule has 11 nitrogen and oxygen atoms in total. The van der Waals surface area contributed by atoms with Crippen LogP contribution < -0.4 is 21.3 Å². The minimum Gasteiger partial charge on any atom is -0.480 e. The van der Waals surface area contributed by atoms with Crippen LogP contribution in [0.3, 0.4) is 0 Å². The number of aromatic nitrogens is 1. The second-order valence-electron chi connectivity index (χ2n) is 9.09. The molecule has 212 valence electrons. The monoisotopic (exact) mass is 576 g/mol. The van der Waals surface area contributed by atoms with Crippen LogP contribution in [0.5, 0.6) is 0 Å². The molecule has 4 rings (SSSR count). The summed E-state index contributed by atoms with van der Waals surface area (Å²) in [7, 11) is 1.63. The first-order valence-corrected chi connectivity index (χ1v) is 12.3. The zero-order valence-corrected chi connectivity index (χ0v) is 22.9. The number of H-pyrrole nitrogens is 1. The number of anilines is 1. The molecule has 0 aliphatic rings. The molecule has 0 bridgehead atoms. The molecule has 1 aromatic heterocycles. The Morgan fingerprint density at radius 1 is 0.951 bits per heavy atom. The Morgan fingerprint density at radius 2 is 1.68 bits per heavy atom. The minimum atomic E-state index is -1.16. The van der Waals surface area contributed by atoms with Crippen molar-refractivity contribution in [3.05, 3.63) is 101 Å². The number of amides is 2. The van der Waals surface area contributed by atoms with Crippen LogP contribution in [-0.4, -0.2) is 59.6 Å².